The van der Waals surface area contributed by atoms with Crippen LogP contribution in [0.15, 0.2) is 24.3 Å². The Morgan fingerprint density at radius 3 is 2.33 bits per heavy atom. The minimum Gasteiger partial charge on any atom is -0.497 e. The lowest BCUT2D eigenvalue weighted by Gasteiger charge is -2.10. The fraction of sp³-hybridized carbons (Fsp3) is 0.625. The molecule has 0 aliphatic carbocycles. The summed E-state index contributed by atoms with van der Waals surface area (Å²) < 4.78 is 5.16. The van der Waals surface area contributed by atoms with Gasteiger partial charge >= 0.3 is 0 Å². The van der Waals surface area contributed by atoms with Crippen LogP contribution in [0.1, 0.15) is 51.0 Å². The van der Waals surface area contributed by atoms with Crippen molar-refractivity contribution >= 4 is 15.9 Å². The highest BCUT2D eigenvalue weighted by atomic mass is 79.9. The summed E-state index contributed by atoms with van der Waals surface area (Å²) >= 11 is 3.79. The maximum atomic E-state index is 5.16. The van der Waals surface area contributed by atoms with E-state index in [1.807, 2.05) is 12.1 Å². The molecule has 0 spiro atoms. The van der Waals surface area contributed by atoms with E-state index in [0.717, 1.165) is 12.2 Å². The van der Waals surface area contributed by atoms with Crippen molar-refractivity contribution < 1.29 is 4.74 Å². The van der Waals surface area contributed by atoms with E-state index in [0.29, 0.717) is 4.83 Å². The first-order valence-corrected chi connectivity index (χ1v) is 7.94. The number of benzene rings is 1. The van der Waals surface area contributed by atoms with Gasteiger partial charge in [-0.15, -0.1) is 0 Å². The number of rotatable bonds is 9. The number of hydrogen-bond donors (Lipinski definition) is 0. The molecule has 1 atom stereocenters. The van der Waals surface area contributed by atoms with E-state index in [1.54, 1.807) is 7.11 Å². The number of halogens is 1. The summed E-state index contributed by atoms with van der Waals surface area (Å²) in [5, 5.41) is 0. The van der Waals surface area contributed by atoms with Crippen molar-refractivity contribution in [1.82, 2.24) is 0 Å². The Kier molecular flexibility index (Phi) is 8.15. The molecule has 0 N–H and O–H groups in total. The van der Waals surface area contributed by atoms with E-state index in [4.69, 9.17) is 4.74 Å². The van der Waals surface area contributed by atoms with Crippen LogP contribution in [0, 0.1) is 0 Å². The van der Waals surface area contributed by atoms with Gasteiger partial charge in [0.2, 0.25) is 0 Å². The molecule has 0 fully saturated rings. The molecule has 1 unspecified atom stereocenters. The molecule has 0 bridgehead atoms. The molecule has 0 saturated heterocycles. The van der Waals surface area contributed by atoms with Crippen molar-refractivity contribution in [3.63, 3.8) is 0 Å². The second-order valence-corrected chi connectivity index (χ2v) is 6.15. The molecule has 102 valence electrons. The van der Waals surface area contributed by atoms with Gasteiger partial charge in [-0.3, -0.25) is 0 Å². The molecule has 0 aromatic heterocycles. The zero-order valence-corrected chi connectivity index (χ0v) is 13.2. The molecular weight excluding hydrogens is 288 g/mol. The molecule has 1 rings (SSSR count). The van der Waals surface area contributed by atoms with Crippen LogP contribution in [-0.4, -0.2) is 11.9 Å². The number of ether oxygens (including phenoxy) is 1. The summed E-state index contributed by atoms with van der Waals surface area (Å²) in [7, 11) is 1.71. The van der Waals surface area contributed by atoms with Crippen LogP contribution in [0.4, 0.5) is 0 Å². The third kappa shape index (κ3) is 6.44. The molecule has 0 amide bonds. The van der Waals surface area contributed by atoms with Crippen LogP contribution >= 0.6 is 15.9 Å². The fourth-order valence-corrected chi connectivity index (χ4v) is 2.79. The van der Waals surface area contributed by atoms with E-state index in [9.17, 15) is 0 Å². The van der Waals surface area contributed by atoms with Gasteiger partial charge in [0.1, 0.15) is 5.75 Å². The van der Waals surface area contributed by atoms with E-state index in [-0.39, 0.29) is 0 Å². The Hall–Kier alpha value is -0.500. The zero-order chi connectivity index (χ0) is 13.2. The first-order chi connectivity index (χ1) is 8.76. The first-order valence-electron chi connectivity index (χ1n) is 7.03. The van der Waals surface area contributed by atoms with E-state index in [1.165, 1.54) is 44.1 Å². The molecule has 1 aromatic rings. The van der Waals surface area contributed by atoms with E-state index < -0.39 is 0 Å². The highest BCUT2D eigenvalue weighted by Gasteiger charge is 2.05. The average Bonchev–Trinajstić information content (AvgIpc) is 2.39. The number of hydrogen-bond acceptors (Lipinski definition) is 1. The predicted molar refractivity (Wildman–Crippen MR) is 82.8 cm³/mol. The van der Waals surface area contributed by atoms with Crippen LogP contribution in [0.2, 0.25) is 0 Å². The van der Waals surface area contributed by atoms with Crippen LogP contribution in [0.25, 0.3) is 0 Å². The summed E-state index contributed by atoms with van der Waals surface area (Å²) in [6, 6.07) is 8.39. The molecular formula is C16H25BrO. The SMILES string of the molecule is CCCCCCCC(Br)Cc1ccc(OC)cc1. The summed E-state index contributed by atoms with van der Waals surface area (Å²) in [6.45, 7) is 2.26. The Bertz CT molecular complexity index is 307. The lowest BCUT2D eigenvalue weighted by Crippen LogP contribution is -2.02. The lowest BCUT2D eigenvalue weighted by atomic mass is 10.0. The van der Waals surface area contributed by atoms with Gasteiger partial charge in [-0.25, -0.2) is 0 Å². The Balaban J connectivity index is 2.20. The van der Waals surface area contributed by atoms with Gasteiger partial charge in [0.25, 0.3) is 0 Å². The zero-order valence-electron chi connectivity index (χ0n) is 11.6. The van der Waals surface area contributed by atoms with Crippen molar-refractivity contribution in [3.05, 3.63) is 29.8 Å². The molecule has 0 aliphatic rings. The average molecular weight is 313 g/mol. The molecule has 18 heavy (non-hydrogen) atoms. The van der Waals surface area contributed by atoms with Gasteiger partial charge in [-0.1, -0.05) is 67.1 Å². The summed E-state index contributed by atoms with van der Waals surface area (Å²) in [4.78, 5) is 0.604. The molecule has 0 radical (unpaired) electrons. The van der Waals surface area contributed by atoms with Crippen molar-refractivity contribution in [2.75, 3.05) is 7.11 Å². The van der Waals surface area contributed by atoms with Gasteiger partial charge in [-0.2, -0.15) is 0 Å². The largest absolute Gasteiger partial charge is 0.497 e. The maximum Gasteiger partial charge on any atom is 0.118 e. The van der Waals surface area contributed by atoms with E-state index in [2.05, 4.69) is 35.0 Å². The summed E-state index contributed by atoms with van der Waals surface area (Å²) in [5.74, 6) is 0.935. The molecule has 0 heterocycles. The number of methoxy groups -OCH3 is 1. The van der Waals surface area contributed by atoms with Crippen molar-refractivity contribution in [2.24, 2.45) is 0 Å². The second-order valence-electron chi connectivity index (χ2n) is 4.85. The second kappa shape index (κ2) is 9.43. The van der Waals surface area contributed by atoms with Crippen molar-refractivity contribution in [2.45, 2.75) is 56.7 Å². The molecule has 0 aliphatic heterocycles. The number of unbranched alkanes of at least 4 members (excludes halogenated alkanes) is 4. The lowest BCUT2D eigenvalue weighted by molar-refractivity contribution is 0.414. The van der Waals surface area contributed by atoms with Crippen LogP contribution in [-0.2, 0) is 6.42 Å². The van der Waals surface area contributed by atoms with Gasteiger partial charge in [0, 0.05) is 4.83 Å². The highest BCUT2D eigenvalue weighted by Crippen LogP contribution is 2.19. The van der Waals surface area contributed by atoms with Gasteiger partial charge < -0.3 is 4.74 Å². The normalized spacial score (nSPS) is 12.4. The Morgan fingerprint density at radius 2 is 1.72 bits per heavy atom. The van der Waals surface area contributed by atoms with Gasteiger partial charge in [-0.05, 0) is 30.5 Å². The maximum absolute atomic E-state index is 5.16. The minimum absolute atomic E-state index is 0.604. The van der Waals surface area contributed by atoms with Gasteiger partial charge in [0.15, 0.2) is 0 Å². The Labute approximate surface area is 120 Å². The Morgan fingerprint density at radius 1 is 1.06 bits per heavy atom. The molecule has 2 heteroatoms. The summed E-state index contributed by atoms with van der Waals surface area (Å²) in [5.41, 5.74) is 1.38. The number of alkyl halides is 1. The quantitative estimate of drug-likeness (QED) is 0.440. The molecule has 0 saturated carbocycles. The third-order valence-electron chi connectivity index (χ3n) is 3.24. The van der Waals surface area contributed by atoms with Crippen molar-refractivity contribution in [1.29, 1.82) is 0 Å². The van der Waals surface area contributed by atoms with Crippen LogP contribution in [0.5, 0.6) is 5.75 Å². The third-order valence-corrected chi connectivity index (χ3v) is 4.02. The monoisotopic (exact) mass is 312 g/mol. The highest BCUT2D eigenvalue weighted by molar-refractivity contribution is 9.09. The van der Waals surface area contributed by atoms with Crippen molar-refractivity contribution in [3.8, 4) is 5.75 Å². The fourth-order valence-electron chi connectivity index (χ4n) is 2.09. The standard InChI is InChI=1S/C16H25BrO/c1-3-4-5-6-7-8-15(17)13-14-9-11-16(18-2)12-10-14/h9-12,15H,3-8,13H2,1-2H3. The smallest absolute Gasteiger partial charge is 0.118 e. The van der Waals surface area contributed by atoms with Crippen LogP contribution in [0.3, 0.4) is 0 Å². The predicted octanol–water partition coefficient (Wildman–Crippen LogP) is 5.36. The van der Waals surface area contributed by atoms with Gasteiger partial charge in [0.05, 0.1) is 7.11 Å². The topological polar surface area (TPSA) is 9.23 Å². The van der Waals surface area contributed by atoms with Crippen LogP contribution < -0.4 is 4.74 Å². The molecule has 1 aromatic carbocycles. The summed E-state index contributed by atoms with van der Waals surface area (Å²) in [6.07, 6.45) is 9.19. The van der Waals surface area contributed by atoms with E-state index >= 15 is 0 Å². The molecule has 1 nitrogen and oxygen atoms in total. The minimum atomic E-state index is 0.604. The first kappa shape index (κ1) is 15.6.